The largest absolute Gasteiger partial charge is 0.321 e. The zero-order valence-electron chi connectivity index (χ0n) is 8.73. The van der Waals surface area contributed by atoms with Gasteiger partial charge < -0.3 is 9.05 Å². The third kappa shape index (κ3) is 5.35. The van der Waals surface area contributed by atoms with E-state index in [9.17, 15) is 9.18 Å². The molecule has 0 rings (SSSR count). The molecule has 0 saturated heterocycles. The van der Waals surface area contributed by atoms with Crippen LogP contribution in [0.3, 0.4) is 0 Å². The summed E-state index contributed by atoms with van der Waals surface area (Å²) in [5.74, 6) is 0. The maximum absolute atomic E-state index is 11.9. The highest BCUT2D eigenvalue weighted by molar-refractivity contribution is 8.14. The fourth-order valence-electron chi connectivity index (χ4n) is 0.708. The number of hydrogen-bond acceptors (Lipinski definition) is 6. The van der Waals surface area contributed by atoms with Crippen molar-refractivity contribution in [2.24, 2.45) is 0 Å². The van der Waals surface area contributed by atoms with E-state index in [1.165, 1.54) is 14.2 Å². The molecule has 0 unspecified atom stereocenters. The maximum Gasteiger partial charge on any atom is 0.316 e. The summed E-state index contributed by atoms with van der Waals surface area (Å²) >= 11 is 6.18. The number of nitrogens with zero attached hydrogens (tertiary/aromatic N) is 1. The second-order valence-electron chi connectivity index (χ2n) is 2.27. The van der Waals surface area contributed by atoms with Crippen LogP contribution in [-0.4, -0.2) is 37.4 Å². The predicted octanol–water partition coefficient (Wildman–Crippen LogP) is 1.47. The van der Waals surface area contributed by atoms with Crippen molar-refractivity contribution in [1.29, 1.82) is 0 Å². The molecule has 5 nitrogen and oxygen atoms in total. The van der Waals surface area contributed by atoms with Crippen molar-refractivity contribution < 1.29 is 18.2 Å². The maximum atomic E-state index is 11.9. The Kier molecular flexibility index (Phi) is 7.90. The summed E-state index contributed by atoms with van der Waals surface area (Å²) in [4.78, 5) is 10.1. The molecular weight excluding hydrogens is 262 g/mol. The minimum Gasteiger partial charge on any atom is -0.321 e. The Hall–Kier alpha value is 0.440. The molecule has 0 heterocycles. The Morgan fingerprint density at radius 3 is 2.47 bits per heavy atom. The van der Waals surface area contributed by atoms with Gasteiger partial charge in [-0.25, -0.2) is 4.72 Å². The molecule has 0 spiro atoms. The van der Waals surface area contributed by atoms with Gasteiger partial charge in [0.25, 0.3) is 6.64 Å². The molecule has 0 aliphatic carbocycles. The molecule has 0 bridgehead atoms. The molecule has 0 saturated carbocycles. The van der Waals surface area contributed by atoms with Gasteiger partial charge in [0.2, 0.25) is 0 Å². The van der Waals surface area contributed by atoms with Crippen LogP contribution in [0.4, 0.5) is 4.39 Å². The molecule has 90 valence electrons. The fraction of sp³-hybridized carbons (Fsp3) is 0.833. The summed E-state index contributed by atoms with van der Waals surface area (Å²) in [6, 6.07) is -1.43. The quantitative estimate of drug-likeness (QED) is 0.409. The van der Waals surface area contributed by atoms with Gasteiger partial charge in [-0.1, -0.05) is 6.92 Å². The van der Waals surface area contributed by atoms with Crippen LogP contribution in [0.15, 0.2) is 0 Å². The lowest BCUT2D eigenvalue weighted by molar-refractivity contribution is -0.127. The van der Waals surface area contributed by atoms with E-state index in [1.807, 2.05) is 6.92 Å². The van der Waals surface area contributed by atoms with Crippen LogP contribution in [0.2, 0.25) is 0 Å². The zero-order valence-corrected chi connectivity index (χ0v) is 11.3. The number of halogens is 1. The summed E-state index contributed by atoms with van der Waals surface area (Å²) in [7, 11) is 2.90. The van der Waals surface area contributed by atoms with Crippen molar-refractivity contribution in [2.75, 3.05) is 27.3 Å². The minimum atomic E-state index is -2.52. The smallest absolute Gasteiger partial charge is 0.316 e. The lowest BCUT2D eigenvalue weighted by atomic mass is 10.7. The van der Waals surface area contributed by atoms with Crippen molar-refractivity contribution in [2.45, 2.75) is 6.92 Å². The third-order valence-corrected chi connectivity index (χ3v) is 6.57. The first-order chi connectivity index (χ1) is 7.00. The summed E-state index contributed by atoms with van der Waals surface area (Å²) in [5.41, 5.74) is 0. The molecule has 0 aliphatic rings. The van der Waals surface area contributed by atoms with Crippen molar-refractivity contribution in [3.05, 3.63) is 0 Å². The van der Waals surface area contributed by atoms with E-state index in [2.05, 4.69) is 4.72 Å². The van der Waals surface area contributed by atoms with Gasteiger partial charge in [-0.2, -0.15) is 8.47 Å². The molecule has 1 N–H and O–H groups in total. The monoisotopic (exact) mass is 276 g/mol. The summed E-state index contributed by atoms with van der Waals surface area (Å²) in [5, 5.41) is 0. The average molecular weight is 276 g/mol. The fourth-order valence-corrected chi connectivity index (χ4v) is 3.64. The van der Waals surface area contributed by atoms with Gasteiger partial charge in [0, 0.05) is 32.9 Å². The topological polar surface area (TPSA) is 50.8 Å². The number of nitrogens with one attached hydrogen (secondary N) is 1. The lowest BCUT2D eigenvalue weighted by Crippen LogP contribution is -2.22. The van der Waals surface area contributed by atoms with Gasteiger partial charge in [-0.15, -0.1) is 0 Å². The second kappa shape index (κ2) is 7.67. The average Bonchev–Trinajstić information content (AvgIpc) is 2.23. The number of carbonyl (C=O) groups excluding carboxylic acids is 1. The molecule has 0 aromatic rings. The molecule has 0 aliphatic heterocycles. The van der Waals surface area contributed by atoms with Crippen molar-refractivity contribution in [3.63, 3.8) is 0 Å². The van der Waals surface area contributed by atoms with Crippen molar-refractivity contribution in [3.8, 4) is 0 Å². The van der Waals surface area contributed by atoms with Gasteiger partial charge in [-0.3, -0.25) is 4.79 Å². The van der Waals surface area contributed by atoms with Gasteiger partial charge in [-0.05, 0) is 11.8 Å². The Labute approximate surface area is 98.2 Å². The standard InChI is InChI=1S/C6H14FN2O3PS2/c1-4-9(13(14,11-2)12-3)15-8-5-6(7)10/h8H,4-5H2,1-3H3. The van der Waals surface area contributed by atoms with Crippen molar-refractivity contribution >= 4 is 36.6 Å². The Bertz CT molecular complexity index is 249. The first-order valence-electron chi connectivity index (χ1n) is 4.07. The first kappa shape index (κ1) is 15.4. The van der Waals surface area contributed by atoms with Crippen LogP contribution in [0, 0.1) is 0 Å². The van der Waals surface area contributed by atoms with Gasteiger partial charge in [0.05, 0.1) is 6.54 Å². The van der Waals surface area contributed by atoms with Crippen LogP contribution < -0.4 is 4.72 Å². The van der Waals surface area contributed by atoms with Gasteiger partial charge >= 0.3 is 6.04 Å². The number of rotatable bonds is 8. The second-order valence-corrected chi connectivity index (χ2v) is 6.99. The highest BCUT2D eigenvalue weighted by atomic mass is 32.5. The van der Waals surface area contributed by atoms with Crippen LogP contribution >= 0.6 is 18.8 Å². The molecule has 15 heavy (non-hydrogen) atoms. The van der Waals surface area contributed by atoms with E-state index in [0.717, 1.165) is 12.1 Å². The summed E-state index contributed by atoms with van der Waals surface area (Å²) < 4.78 is 26.2. The molecule has 0 atom stereocenters. The van der Waals surface area contributed by atoms with E-state index in [1.54, 1.807) is 4.08 Å². The summed E-state index contributed by atoms with van der Waals surface area (Å²) in [6.45, 7) is -0.484. The van der Waals surface area contributed by atoms with E-state index < -0.39 is 12.7 Å². The van der Waals surface area contributed by atoms with Crippen LogP contribution in [0.1, 0.15) is 6.92 Å². The van der Waals surface area contributed by atoms with E-state index in [-0.39, 0.29) is 6.54 Å². The lowest BCUT2D eigenvalue weighted by Gasteiger charge is -2.28. The SMILES string of the molecule is CCN(SNCC(=O)F)P(=S)(OC)OC. The minimum absolute atomic E-state index is 0.371. The molecule has 0 amide bonds. The predicted molar refractivity (Wildman–Crippen MR) is 62.4 cm³/mol. The Morgan fingerprint density at radius 2 is 2.13 bits per heavy atom. The first-order valence-corrected chi connectivity index (χ1v) is 7.44. The van der Waals surface area contributed by atoms with E-state index in [0.29, 0.717) is 6.54 Å². The van der Waals surface area contributed by atoms with Gasteiger partial charge in [0.1, 0.15) is 0 Å². The normalized spacial score (nSPS) is 12.1. The molecular formula is C6H14FN2O3PS2. The Balaban J connectivity index is 4.23. The summed E-state index contributed by atoms with van der Waals surface area (Å²) in [6.07, 6.45) is 0. The number of carbonyl (C=O) groups is 1. The van der Waals surface area contributed by atoms with Crippen LogP contribution in [0.25, 0.3) is 0 Å². The zero-order chi connectivity index (χ0) is 11.9. The molecule has 0 aromatic carbocycles. The highest BCUT2D eigenvalue weighted by Gasteiger charge is 2.25. The molecule has 0 radical (unpaired) electrons. The Morgan fingerprint density at radius 1 is 1.60 bits per heavy atom. The molecule has 0 fully saturated rings. The molecule has 9 heteroatoms. The van der Waals surface area contributed by atoms with Crippen molar-refractivity contribution in [1.82, 2.24) is 8.80 Å². The highest BCUT2D eigenvalue weighted by Crippen LogP contribution is 2.53. The van der Waals surface area contributed by atoms with Crippen LogP contribution in [0.5, 0.6) is 0 Å². The van der Waals surface area contributed by atoms with Gasteiger partial charge in [0.15, 0.2) is 0 Å². The van der Waals surface area contributed by atoms with E-state index >= 15 is 0 Å². The van der Waals surface area contributed by atoms with E-state index in [4.69, 9.17) is 20.9 Å². The molecule has 0 aromatic heterocycles. The third-order valence-electron chi connectivity index (χ3n) is 1.39. The number of hydrogen-bond donors (Lipinski definition) is 1. The van der Waals surface area contributed by atoms with Crippen LogP contribution in [-0.2, 0) is 25.6 Å².